The van der Waals surface area contributed by atoms with Crippen LogP contribution in [0.4, 0.5) is 0 Å². The summed E-state index contributed by atoms with van der Waals surface area (Å²) >= 11 is 0. The Morgan fingerprint density at radius 2 is 2.40 bits per heavy atom. The first kappa shape index (κ1) is 10.5. The van der Waals surface area contributed by atoms with E-state index in [0.717, 1.165) is 6.42 Å². The van der Waals surface area contributed by atoms with E-state index in [0.29, 0.717) is 31.3 Å². The van der Waals surface area contributed by atoms with Crippen molar-refractivity contribution < 1.29 is 14.4 Å². The number of aromatic nitrogens is 2. The average Bonchev–Trinajstić information content (AvgIpc) is 2.84. The lowest BCUT2D eigenvalue weighted by molar-refractivity contribution is 0.0642. The monoisotopic (exact) mass is 213 g/mol. The lowest BCUT2D eigenvalue weighted by Gasteiger charge is -2.11. The van der Waals surface area contributed by atoms with Crippen LogP contribution in [0.3, 0.4) is 0 Å². The number of ether oxygens (including phenoxy) is 1. The molecular weight excluding hydrogens is 198 g/mol. The highest BCUT2D eigenvalue weighted by Gasteiger charge is 2.32. The molecule has 0 radical (unpaired) electrons. The Balaban J connectivity index is 2.07. The first-order chi connectivity index (χ1) is 7.35. The molecule has 3 N–H and O–H groups in total. The summed E-state index contributed by atoms with van der Waals surface area (Å²) in [5.41, 5.74) is 5.62. The first-order valence-corrected chi connectivity index (χ1v) is 5.10. The SMILES string of the molecule is NC[C@@H]1CCO[C@@H]1c1nc(CCO)no1. The fourth-order valence-corrected chi connectivity index (χ4v) is 1.73. The van der Waals surface area contributed by atoms with Crippen LogP contribution in [0, 0.1) is 5.92 Å². The second kappa shape index (κ2) is 4.69. The van der Waals surface area contributed by atoms with E-state index in [1.165, 1.54) is 0 Å². The van der Waals surface area contributed by atoms with Gasteiger partial charge < -0.3 is 20.1 Å². The maximum Gasteiger partial charge on any atom is 0.256 e. The molecule has 6 heteroatoms. The molecule has 1 saturated heterocycles. The molecule has 1 aromatic heterocycles. The van der Waals surface area contributed by atoms with Crippen LogP contribution in [0.5, 0.6) is 0 Å². The van der Waals surface area contributed by atoms with Gasteiger partial charge in [-0.25, -0.2) is 0 Å². The summed E-state index contributed by atoms with van der Waals surface area (Å²) in [5, 5.41) is 12.5. The van der Waals surface area contributed by atoms with Gasteiger partial charge in [-0.2, -0.15) is 4.98 Å². The first-order valence-electron chi connectivity index (χ1n) is 5.10. The van der Waals surface area contributed by atoms with Gasteiger partial charge in [0.2, 0.25) is 0 Å². The van der Waals surface area contributed by atoms with E-state index >= 15 is 0 Å². The molecule has 15 heavy (non-hydrogen) atoms. The van der Waals surface area contributed by atoms with Crippen molar-refractivity contribution in [3.05, 3.63) is 11.7 Å². The van der Waals surface area contributed by atoms with E-state index in [2.05, 4.69) is 10.1 Å². The van der Waals surface area contributed by atoms with Crippen LogP contribution in [-0.2, 0) is 11.2 Å². The molecule has 1 aliphatic rings. The fourth-order valence-electron chi connectivity index (χ4n) is 1.73. The van der Waals surface area contributed by atoms with Crippen molar-refractivity contribution in [1.29, 1.82) is 0 Å². The molecular formula is C9H15N3O3. The molecule has 0 spiro atoms. The molecule has 0 amide bonds. The molecule has 2 rings (SSSR count). The summed E-state index contributed by atoms with van der Waals surface area (Å²) in [7, 11) is 0. The number of hydrogen-bond donors (Lipinski definition) is 2. The molecule has 0 aromatic carbocycles. The highest BCUT2D eigenvalue weighted by Crippen LogP contribution is 2.32. The van der Waals surface area contributed by atoms with Crippen LogP contribution in [0.1, 0.15) is 24.2 Å². The minimum Gasteiger partial charge on any atom is -0.396 e. The Hall–Kier alpha value is -0.980. The average molecular weight is 213 g/mol. The van der Waals surface area contributed by atoms with Gasteiger partial charge in [0.05, 0.1) is 6.61 Å². The predicted octanol–water partition coefficient (Wildman–Crippen LogP) is -0.359. The van der Waals surface area contributed by atoms with Crippen LogP contribution < -0.4 is 5.73 Å². The summed E-state index contributed by atoms with van der Waals surface area (Å²) in [6, 6.07) is 0. The van der Waals surface area contributed by atoms with Gasteiger partial charge in [0.1, 0.15) is 6.10 Å². The number of aliphatic hydroxyl groups excluding tert-OH is 1. The van der Waals surface area contributed by atoms with E-state index in [1.54, 1.807) is 0 Å². The second-order valence-corrected chi connectivity index (χ2v) is 3.60. The van der Waals surface area contributed by atoms with Gasteiger partial charge in [-0.1, -0.05) is 5.16 Å². The van der Waals surface area contributed by atoms with Crippen molar-refractivity contribution in [2.75, 3.05) is 19.8 Å². The maximum absolute atomic E-state index is 8.72. The Morgan fingerprint density at radius 3 is 3.13 bits per heavy atom. The molecule has 0 aliphatic carbocycles. The molecule has 84 valence electrons. The summed E-state index contributed by atoms with van der Waals surface area (Å²) < 4.78 is 10.6. The lowest BCUT2D eigenvalue weighted by atomic mass is 10.0. The van der Waals surface area contributed by atoms with E-state index < -0.39 is 0 Å². The Kier molecular flexibility index (Phi) is 3.30. The minimum absolute atomic E-state index is 0.0187. The van der Waals surface area contributed by atoms with Crippen molar-refractivity contribution in [3.8, 4) is 0 Å². The van der Waals surface area contributed by atoms with Crippen LogP contribution in [0.2, 0.25) is 0 Å². The zero-order chi connectivity index (χ0) is 10.7. The molecule has 2 atom stereocenters. The Morgan fingerprint density at radius 1 is 1.53 bits per heavy atom. The molecule has 2 heterocycles. The standard InChI is InChI=1S/C9H15N3O3/c10-5-6-2-4-14-8(6)9-11-7(1-3-13)12-15-9/h6,8,13H,1-5,10H2/t6-,8-/m0/s1. The Labute approximate surface area is 87.4 Å². The van der Waals surface area contributed by atoms with Crippen LogP contribution in [0.15, 0.2) is 4.52 Å². The van der Waals surface area contributed by atoms with Gasteiger partial charge in [-0.05, 0) is 13.0 Å². The zero-order valence-electron chi connectivity index (χ0n) is 8.43. The van der Waals surface area contributed by atoms with Crippen LogP contribution in [-0.4, -0.2) is 35.0 Å². The van der Waals surface area contributed by atoms with Crippen molar-refractivity contribution in [1.82, 2.24) is 10.1 Å². The van der Waals surface area contributed by atoms with E-state index in [9.17, 15) is 0 Å². The highest BCUT2D eigenvalue weighted by atomic mass is 16.5. The van der Waals surface area contributed by atoms with Crippen molar-refractivity contribution in [2.24, 2.45) is 11.7 Å². The third-order valence-corrected chi connectivity index (χ3v) is 2.58. The predicted molar refractivity (Wildman–Crippen MR) is 50.9 cm³/mol. The lowest BCUT2D eigenvalue weighted by Crippen LogP contribution is -2.18. The number of rotatable bonds is 4. The molecule has 6 nitrogen and oxygen atoms in total. The van der Waals surface area contributed by atoms with Gasteiger partial charge in [-0.15, -0.1) is 0 Å². The zero-order valence-corrected chi connectivity index (χ0v) is 8.43. The molecule has 0 unspecified atom stereocenters. The topological polar surface area (TPSA) is 94.4 Å². The molecule has 0 saturated carbocycles. The second-order valence-electron chi connectivity index (χ2n) is 3.60. The van der Waals surface area contributed by atoms with Gasteiger partial charge in [-0.3, -0.25) is 0 Å². The third kappa shape index (κ3) is 2.17. The van der Waals surface area contributed by atoms with Gasteiger partial charge in [0, 0.05) is 18.9 Å². The van der Waals surface area contributed by atoms with Crippen LogP contribution >= 0.6 is 0 Å². The fraction of sp³-hybridized carbons (Fsp3) is 0.778. The summed E-state index contributed by atoms with van der Waals surface area (Å²) in [4.78, 5) is 4.16. The van der Waals surface area contributed by atoms with Crippen molar-refractivity contribution in [3.63, 3.8) is 0 Å². The number of aliphatic hydroxyl groups is 1. The Bertz CT molecular complexity index is 315. The molecule has 1 aromatic rings. The van der Waals surface area contributed by atoms with E-state index in [4.69, 9.17) is 20.1 Å². The highest BCUT2D eigenvalue weighted by molar-refractivity contribution is 4.95. The van der Waals surface area contributed by atoms with Crippen LogP contribution in [0.25, 0.3) is 0 Å². The van der Waals surface area contributed by atoms with Gasteiger partial charge >= 0.3 is 0 Å². The summed E-state index contributed by atoms with van der Waals surface area (Å²) in [6.07, 6.45) is 1.16. The summed E-state index contributed by atoms with van der Waals surface area (Å²) in [5.74, 6) is 1.25. The van der Waals surface area contributed by atoms with Crippen molar-refractivity contribution >= 4 is 0 Å². The van der Waals surface area contributed by atoms with E-state index in [1.807, 2.05) is 0 Å². The number of nitrogens with two attached hydrogens (primary N) is 1. The smallest absolute Gasteiger partial charge is 0.256 e. The van der Waals surface area contributed by atoms with Gasteiger partial charge in [0.15, 0.2) is 5.82 Å². The molecule has 0 bridgehead atoms. The minimum atomic E-state index is -0.171. The molecule has 1 fully saturated rings. The number of nitrogens with zero attached hydrogens (tertiary/aromatic N) is 2. The van der Waals surface area contributed by atoms with Gasteiger partial charge in [0.25, 0.3) is 5.89 Å². The summed E-state index contributed by atoms with van der Waals surface area (Å²) in [6.45, 7) is 1.26. The van der Waals surface area contributed by atoms with E-state index in [-0.39, 0.29) is 18.6 Å². The quantitative estimate of drug-likeness (QED) is 0.709. The maximum atomic E-state index is 8.72. The largest absolute Gasteiger partial charge is 0.396 e. The van der Waals surface area contributed by atoms with Crippen molar-refractivity contribution in [2.45, 2.75) is 18.9 Å². The number of hydrogen-bond acceptors (Lipinski definition) is 6. The third-order valence-electron chi connectivity index (χ3n) is 2.58. The normalized spacial score (nSPS) is 26.0. The molecule has 1 aliphatic heterocycles.